The summed E-state index contributed by atoms with van der Waals surface area (Å²) in [6.07, 6.45) is 7.44. The van der Waals surface area contributed by atoms with Gasteiger partial charge in [-0.05, 0) is 78.1 Å². The molecule has 1 atom stereocenters. The minimum absolute atomic E-state index is 0.0208. The summed E-state index contributed by atoms with van der Waals surface area (Å²) in [6.45, 7) is 17.3. The van der Waals surface area contributed by atoms with Crippen molar-refractivity contribution in [3.05, 3.63) is 104 Å². The smallest absolute Gasteiger partial charge is 0.201 e. The van der Waals surface area contributed by atoms with Gasteiger partial charge in [-0.1, -0.05) is 51.5 Å². The van der Waals surface area contributed by atoms with Gasteiger partial charge in [-0.15, -0.1) is 0 Å². The molecule has 2 heteroatoms. The summed E-state index contributed by atoms with van der Waals surface area (Å²) >= 11 is 0. The first-order chi connectivity index (χ1) is 17.0. The van der Waals surface area contributed by atoms with Gasteiger partial charge in [0.2, 0.25) is 5.78 Å². The predicted octanol–water partition coefficient (Wildman–Crippen LogP) is 8.76. The fraction of sp³-hybridized carbons (Fsp3) is 0.353. The van der Waals surface area contributed by atoms with Crippen molar-refractivity contribution in [3.63, 3.8) is 0 Å². The molecule has 0 saturated carbocycles. The van der Waals surface area contributed by atoms with Crippen LogP contribution in [0.25, 0.3) is 16.7 Å². The Bertz CT molecular complexity index is 1430. The van der Waals surface area contributed by atoms with E-state index in [1.54, 1.807) is 0 Å². The maximum atomic E-state index is 13.8. The molecule has 0 aromatic carbocycles. The number of ketones is 1. The Labute approximate surface area is 216 Å². The number of hydrogen-bond acceptors (Lipinski definition) is 2. The first-order valence-corrected chi connectivity index (χ1v) is 13.2. The number of carbonyl (C=O) groups is 1. The molecule has 5 aliphatic rings. The number of aliphatic hydroxyl groups is 1. The van der Waals surface area contributed by atoms with Crippen molar-refractivity contribution < 1.29 is 9.90 Å². The van der Waals surface area contributed by atoms with Crippen LogP contribution >= 0.6 is 0 Å². The third-order valence-corrected chi connectivity index (χ3v) is 8.33. The van der Waals surface area contributed by atoms with Crippen molar-refractivity contribution in [2.75, 3.05) is 0 Å². The Balaban J connectivity index is 1.64. The first-order valence-electron chi connectivity index (χ1n) is 13.2. The van der Waals surface area contributed by atoms with Gasteiger partial charge in [0.15, 0.2) is 0 Å². The molecule has 0 amide bonds. The highest BCUT2D eigenvalue weighted by molar-refractivity contribution is 6.40. The van der Waals surface area contributed by atoms with Crippen LogP contribution in [0.2, 0.25) is 0 Å². The van der Waals surface area contributed by atoms with Gasteiger partial charge in [0.1, 0.15) is 5.76 Å². The molecule has 5 rings (SSSR count). The standard InChI is InChI=1S/C34H36O2/c1-17(2)23-11-9-19(5)29-25(15-23)21(7)13-27(29)31-33(35)32(34(31)36)28-14-22(8)26-16-24(18(3)4)12-10-20(6)30(26)28/h9-13,15-18,30H,14H2,1-8H3/p+1. The summed E-state index contributed by atoms with van der Waals surface area (Å²) < 4.78 is 0. The predicted molar refractivity (Wildman–Crippen MR) is 150 cm³/mol. The summed E-state index contributed by atoms with van der Waals surface area (Å²) in [7, 11) is 0. The highest BCUT2D eigenvalue weighted by Crippen LogP contribution is 2.52. The number of aryl methyl sites for hydroxylation is 2. The Morgan fingerprint density at radius 3 is 2.28 bits per heavy atom. The molecule has 0 aliphatic heterocycles. The topological polar surface area (TPSA) is 37.3 Å². The van der Waals surface area contributed by atoms with E-state index in [0.29, 0.717) is 23.0 Å². The Morgan fingerprint density at radius 1 is 0.917 bits per heavy atom. The molecule has 0 aromatic heterocycles. The molecule has 0 radical (unpaired) electrons. The Kier molecular flexibility index (Phi) is 5.90. The number of allylic oxidation sites excluding steroid dienone is 9. The number of rotatable bonds is 3. The third-order valence-electron chi connectivity index (χ3n) is 8.33. The van der Waals surface area contributed by atoms with E-state index >= 15 is 0 Å². The quantitative estimate of drug-likeness (QED) is 0.354. The molecular weight excluding hydrogens is 440 g/mol. The van der Waals surface area contributed by atoms with E-state index in [2.05, 4.69) is 98.2 Å². The zero-order chi connectivity index (χ0) is 26.0. The summed E-state index contributed by atoms with van der Waals surface area (Å²) in [4.78, 5) is 13.8. The summed E-state index contributed by atoms with van der Waals surface area (Å²) in [6, 6.07) is 8.65. The average Bonchev–Trinajstić information content (AvgIpc) is 3.11. The number of carbonyl (C=O) groups excluding carboxylic acids is 1. The fourth-order valence-electron chi connectivity index (χ4n) is 6.14. The lowest BCUT2D eigenvalue weighted by Crippen LogP contribution is -2.24. The van der Waals surface area contributed by atoms with E-state index in [1.165, 1.54) is 27.9 Å². The van der Waals surface area contributed by atoms with E-state index in [0.717, 1.165) is 39.8 Å². The second-order valence-corrected chi connectivity index (χ2v) is 11.5. The molecule has 184 valence electrons. The van der Waals surface area contributed by atoms with Crippen LogP contribution in [0.1, 0.15) is 76.1 Å². The van der Waals surface area contributed by atoms with E-state index < -0.39 is 0 Å². The lowest BCUT2D eigenvalue weighted by atomic mass is 9.76. The number of Topliss-reactive ketones (excluding diaryl/α,β-unsaturated/α-hetero) is 1. The van der Waals surface area contributed by atoms with Crippen LogP contribution in [0.15, 0.2) is 75.6 Å². The van der Waals surface area contributed by atoms with Gasteiger partial charge in [0.25, 0.3) is 0 Å². The second kappa shape index (κ2) is 8.69. The fourth-order valence-corrected chi connectivity index (χ4v) is 6.14. The van der Waals surface area contributed by atoms with Crippen LogP contribution in [0, 0.1) is 32.1 Å². The number of fused-ring (bicyclic) bond motifs is 2. The first kappa shape index (κ1) is 24.4. The van der Waals surface area contributed by atoms with E-state index in [-0.39, 0.29) is 17.5 Å². The van der Waals surface area contributed by atoms with Crippen molar-refractivity contribution in [1.82, 2.24) is 0 Å². The second-order valence-electron chi connectivity index (χ2n) is 11.5. The molecule has 0 aromatic rings. The zero-order valence-electron chi connectivity index (χ0n) is 22.8. The molecule has 0 heterocycles. The Morgan fingerprint density at radius 2 is 1.64 bits per heavy atom. The van der Waals surface area contributed by atoms with Crippen molar-refractivity contribution in [2.45, 2.75) is 67.7 Å². The molecule has 0 fully saturated rings. The van der Waals surface area contributed by atoms with Crippen LogP contribution in [0.3, 0.4) is 0 Å². The lowest BCUT2D eigenvalue weighted by molar-refractivity contribution is -0.111. The molecule has 36 heavy (non-hydrogen) atoms. The normalized spacial score (nSPS) is 22.2. The van der Waals surface area contributed by atoms with Crippen LogP contribution < -0.4 is 0 Å². The minimum Gasteiger partial charge on any atom is -0.506 e. The molecule has 1 N–H and O–H groups in total. The van der Waals surface area contributed by atoms with E-state index in [1.807, 2.05) is 0 Å². The summed E-state index contributed by atoms with van der Waals surface area (Å²) in [5, 5.41) is 11.4. The van der Waals surface area contributed by atoms with Gasteiger partial charge >= 0.3 is 0 Å². The van der Waals surface area contributed by atoms with E-state index in [4.69, 9.17) is 0 Å². The minimum atomic E-state index is -0.0208. The molecule has 0 bridgehead atoms. The van der Waals surface area contributed by atoms with Crippen molar-refractivity contribution in [3.8, 4) is 11.1 Å². The summed E-state index contributed by atoms with van der Waals surface area (Å²) in [5.74, 6) is 1.06. The lowest BCUT2D eigenvalue weighted by Gasteiger charge is -2.26. The van der Waals surface area contributed by atoms with Gasteiger partial charge < -0.3 is 5.11 Å². The Hall–Kier alpha value is -3.26. The highest BCUT2D eigenvalue weighted by Gasteiger charge is 2.45. The van der Waals surface area contributed by atoms with Crippen molar-refractivity contribution in [1.29, 1.82) is 0 Å². The molecule has 0 spiro atoms. The van der Waals surface area contributed by atoms with Crippen molar-refractivity contribution in [2.24, 2.45) is 11.8 Å². The largest absolute Gasteiger partial charge is 0.506 e. The maximum absolute atomic E-state index is 13.8. The third kappa shape index (κ3) is 3.61. The number of aliphatic hydroxyl groups excluding tert-OH is 1. The number of hydrogen-bond donors (Lipinski definition) is 1. The monoisotopic (exact) mass is 477 g/mol. The van der Waals surface area contributed by atoms with Crippen LogP contribution in [0.5, 0.6) is 0 Å². The van der Waals surface area contributed by atoms with Crippen molar-refractivity contribution >= 4 is 11.4 Å². The van der Waals surface area contributed by atoms with Crippen LogP contribution in [-0.4, -0.2) is 10.9 Å². The SMILES string of the molecule is CC1=C[CH+]C(C(C)C)=CC2=C(C)CC(=C3C(=O)C(c4cc(C)c5cc(C(C)C)ccc(C)c4-5)=C3O)C12. The highest BCUT2D eigenvalue weighted by atomic mass is 16.3. The van der Waals surface area contributed by atoms with Gasteiger partial charge in [-0.2, -0.15) is 0 Å². The molecule has 0 saturated heterocycles. The van der Waals surface area contributed by atoms with Gasteiger partial charge in [-0.3, -0.25) is 4.79 Å². The maximum Gasteiger partial charge on any atom is 0.201 e. The molecule has 5 aliphatic carbocycles. The molecule has 1 unspecified atom stereocenters. The van der Waals surface area contributed by atoms with Crippen LogP contribution in [0.4, 0.5) is 0 Å². The van der Waals surface area contributed by atoms with Gasteiger partial charge in [-0.25, -0.2) is 0 Å². The van der Waals surface area contributed by atoms with E-state index in [9.17, 15) is 9.90 Å². The molecular formula is C34H37O2+. The summed E-state index contributed by atoms with van der Waals surface area (Å²) in [5.41, 5.74) is 13.8. The molecule has 2 nitrogen and oxygen atoms in total. The zero-order valence-corrected chi connectivity index (χ0v) is 22.8. The average molecular weight is 478 g/mol. The van der Waals surface area contributed by atoms with Gasteiger partial charge in [0.05, 0.1) is 22.6 Å². The van der Waals surface area contributed by atoms with Crippen LogP contribution in [-0.2, 0) is 4.79 Å². The van der Waals surface area contributed by atoms with Gasteiger partial charge in [0, 0.05) is 42.6 Å².